The van der Waals surface area contributed by atoms with Gasteiger partial charge in [-0.25, -0.2) is 0 Å². The average molecular weight is 272 g/mol. The van der Waals surface area contributed by atoms with Crippen LogP contribution in [-0.2, 0) is 14.3 Å². The number of hydrogen-bond donors (Lipinski definition) is 2. The van der Waals surface area contributed by atoms with Crippen LogP contribution in [0, 0.1) is 0 Å². The average Bonchev–Trinajstić information content (AvgIpc) is 2.46. The van der Waals surface area contributed by atoms with Crippen LogP contribution in [0.2, 0.25) is 0 Å². The monoisotopic (exact) mass is 272 g/mol. The minimum Gasteiger partial charge on any atom is -0.394 e. The highest BCUT2D eigenvalue weighted by Gasteiger charge is 2.25. The van der Waals surface area contributed by atoms with E-state index in [4.69, 9.17) is 14.6 Å². The fourth-order valence-electron chi connectivity index (χ4n) is 2.57. The Bertz CT molecular complexity index is 274. The zero-order chi connectivity index (χ0) is 13.5. The Kier molecular flexibility index (Phi) is 6.03. The molecule has 1 atom stereocenters. The van der Waals surface area contributed by atoms with E-state index in [0.717, 1.165) is 39.0 Å². The largest absolute Gasteiger partial charge is 0.394 e. The van der Waals surface area contributed by atoms with Gasteiger partial charge in [-0.15, -0.1) is 0 Å². The summed E-state index contributed by atoms with van der Waals surface area (Å²) in [6.45, 7) is 4.27. The number of aliphatic hydroxyl groups is 1. The molecule has 1 amide bonds. The number of amides is 1. The summed E-state index contributed by atoms with van der Waals surface area (Å²) < 4.78 is 11.0. The summed E-state index contributed by atoms with van der Waals surface area (Å²) >= 11 is 0. The first kappa shape index (κ1) is 14.7. The van der Waals surface area contributed by atoms with Crippen LogP contribution >= 0.6 is 0 Å². The first-order valence-electron chi connectivity index (χ1n) is 7.12. The Balaban J connectivity index is 1.67. The molecule has 0 aliphatic carbocycles. The van der Waals surface area contributed by atoms with Crippen molar-refractivity contribution in [3.05, 3.63) is 0 Å². The molecule has 2 aliphatic rings. The molecule has 0 saturated carbocycles. The molecule has 1 unspecified atom stereocenters. The van der Waals surface area contributed by atoms with Crippen molar-refractivity contribution in [2.45, 2.75) is 31.5 Å². The summed E-state index contributed by atoms with van der Waals surface area (Å²) in [5.74, 6) is 0.175. The molecule has 0 radical (unpaired) electrons. The van der Waals surface area contributed by atoms with Crippen LogP contribution in [0.5, 0.6) is 0 Å². The summed E-state index contributed by atoms with van der Waals surface area (Å²) in [6, 6.07) is 0. The molecule has 6 nitrogen and oxygen atoms in total. The number of rotatable bonds is 5. The van der Waals surface area contributed by atoms with Crippen LogP contribution in [0.25, 0.3) is 0 Å². The molecule has 6 heteroatoms. The van der Waals surface area contributed by atoms with Gasteiger partial charge in [0, 0.05) is 26.2 Å². The third kappa shape index (κ3) is 4.72. The van der Waals surface area contributed by atoms with E-state index in [1.807, 2.05) is 4.90 Å². The predicted octanol–water partition coefficient (Wildman–Crippen LogP) is -0.635. The molecule has 0 bridgehead atoms. The van der Waals surface area contributed by atoms with E-state index in [1.165, 1.54) is 0 Å². The van der Waals surface area contributed by atoms with Crippen molar-refractivity contribution in [3.8, 4) is 0 Å². The van der Waals surface area contributed by atoms with E-state index >= 15 is 0 Å². The van der Waals surface area contributed by atoms with Crippen LogP contribution in [-0.4, -0.2) is 74.1 Å². The Hall–Kier alpha value is -0.690. The molecule has 2 heterocycles. The molecular weight excluding hydrogens is 248 g/mol. The number of hydrogen-bond acceptors (Lipinski definition) is 5. The Morgan fingerprint density at radius 1 is 1.42 bits per heavy atom. The maximum absolute atomic E-state index is 12.1. The number of likely N-dealkylation sites (tertiary alicyclic amines) is 1. The van der Waals surface area contributed by atoms with E-state index in [9.17, 15) is 4.79 Å². The second-order valence-electron chi connectivity index (χ2n) is 5.08. The minimum absolute atomic E-state index is 0.0182. The molecule has 2 aliphatic heterocycles. The summed E-state index contributed by atoms with van der Waals surface area (Å²) in [4.78, 5) is 14.0. The van der Waals surface area contributed by atoms with Gasteiger partial charge in [-0.3, -0.25) is 4.79 Å². The van der Waals surface area contributed by atoms with Crippen molar-refractivity contribution in [2.75, 3.05) is 46.0 Å². The van der Waals surface area contributed by atoms with E-state index < -0.39 is 0 Å². The highest BCUT2D eigenvalue weighted by molar-refractivity contribution is 5.76. The van der Waals surface area contributed by atoms with E-state index in [0.29, 0.717) is 19.6 Å². The molecule has 0 aromatic heterocycles. The maximum atomic E-state index is 12.1. The zero-order valence-electron chi connectivity index (χ0n) is 11.3. The molecule has 2 fully saturated rings. The molecule has 2 rings (SSSR count). The molecule has 0 spiro atoms. The maximum Gasteiger partial charge on any atom is 0.225 e. The van der Waals surface area contributed by atoms with Crippen molar-refractivity contribution >= 4 is 5.91 Å². The third-order valence-electron chi connectivity index (χ3n) is 3.65. The minimum atomic E-state index is 0.0182. The molecule has 0 aromatic carbocycles. The van der Waals surface area contributed by atoms with Gasteiger partial charge in [0.1, 0.15) is 0 Å². The van der Waals surface area contributed by atoms with Gasteiger partial charge in [-0.1, -0.05) is 0 Å². The van der Waals surface area contributed by atoms with Crippen LogP contribution in [0.15, 0.2) is 0 Å². The van der Waals surface area contributed by atoms with Gasteiger partial charge >= 0.3 is 0 Å². The molecule has 2 N–H and O–H groups in total. The van der Waals surface area contributed by atoms with Crippen LogP contribution in [0.3, 0.4) is 0 Å². The number of nitrogens with zero attached hydrogens (tertiary/aromatic N) is 1. The molecule has 0 aromatic rings. The quantitative estimate of drug-likeness (QED) is 0.697. The SMILES string of the molecule is O=C(CC1CNCCO1)N1CCC(OCCO)CC1. The number of ether oxygens (including phenoxy) is 2. The highest BCUT2D eigenvalue weighted by atomic mass is 16.5. The Morgan fingerprint density at radius 3 is 2.84 bits per heavy atom. The number of piperidine rings is 1. The van der Waals surface area contributed by atoms with Gasteiger partial charge in [0.2, 0.25) is 5.91 Å². The first-order valence-corrected chi connectivity index (χ1v) is 7.12. The number of morpholine rings is 1. The fourth-order valence-corrected chi connectivity index (χ4v) is 2.57. The molecule has 110 valence electrons. The number of carbonyl (C=O) groups excluding carboxylic acids is 1. The lowest BCUT2D eigenvalue weighted by Crippen LogP contribution is -2.45. The van der Waals surface area contributed by atoms with Crippen LogP contribution in [0.4, 0.5) is 0 Å². The van der Waals surface area contributed by atoms with Gasteiger partial charge in [0.05, 0.1) is 38.4 Å². The summed E-state index contributed by atoms with van der Waals surface area (Å²) in [5, 5.41) is 11.9. The van der Waals surface area contributed by atoms with E-state index in [2.05, 4.69) is 5.32 Å². The van der Waals surface area contributed by atoms with Gasteiger partial charge < -0.3 is 24.8 Å². The lowest BCUT2D eigenvalue weighted by atomic mass is 10.1. The summed E-state index contributed by atoms with van der Waals surface area (Å²) in [7, 11) is 0. The lowest BCUT2D eigenvalue weighted by molar-refractivity contribution is -0.137. The highest BCUT2D eigenvalue weighted by Crippen LogP contribution is 2.15. The van der Waals surface area contributed by atoms with Crippen molar-refractivity contribution in [1.29, 1.82) is 0 Å². The van der Waals surface area contributed by atoms with Crippen LogP contribution < -0.4 is 5.32 Å². The first-order chi connectivity index (χ1) is 9.29. The number of aliphatic hydroxyl groups excluding tert-OH is 1. The lowest BCUT2D eigenvalue weighted by Gasteiger charge is -2.33. The van der Waals surface area contributed by atoms with Gasteiger partial charge in [-0.05, 0) is 12.8 Å². The standard InChI is InChI=1S/C13H24N2O4/c16-6-8-19-11-1-4-15(5-2-11)13(17)9-12-10-14-3-7-18-12/h11-12,14,16H,1-10H2. The van der Waals surface area contributed by atoms with Crippen molar-refractivity contribution in [1.82, 2.24) is 10.2 Å². The third-order valence-corrected chi connectivity index (χ3v) is 3.65. The number of nitrogens with one attached hydrogen (secondary N) is 1. The van der Waals surface area contributed by atoms with Gasteiger partial charge in [0.25, 0.3) is 0 Å². The fraction of sp³-hybridized carbons (Fsp3) is 0.923. The summed E-state index contributed by atoms with van der Waals surface area (Å²) in [5.41, 5.74) is 0. The van der Waals surface area contributed by atoms with E-state index in [-0.39, 0.29) is 24.7 Å². The van der Waals surface area contributed by atoms with Crippen LogP contribution in [0.1, 0.15) is 19.3 Å². The molecule has 2 saturated heterocycles. The molecule has 19 heavy (non-hydrogen) atoms. The van der Waals surface area contributed by atoms with Crippen molar-refractivity contribution < 1.29 is 19.4 Å². The predicted molar refractivity (Wildman–Crippen MR) is 69.9 cm³/mol. The Morgan fingerprint density at radius 2 is 2.21 bits per heavy atom. The molecular formula is C13H24N2O4. The Labute approximate surface area is 114 Å². The smallest absolute Gasteiger partial charge is 0.225 e. The van der Waals surface area contributed by atoms with Gasteiger partial charge in [-0.2, -0.15) is 0 Å². The second-order valence-corrected chi connectivity index (χ2v) is 5.08. The normalized spacial score (nSPS) is 25.5. The van der Waals surface area contributed by atoms with Gasteiger partial charge in [0.15, 0.2) is 0 Å². The van der Waals surface area contributed by atoms with Crippen molar-refractivity contribution in [3.63, 3.8) is 0 Å². The van der Waals surface area contributed by atoms with E-state index in [1.54, 1.807) is 0 Å². The summed E-state index contributed by atoms with van der Waals surface area (Å²) in [6.07, 6.45) is 2.38. The number of carbonyl (C=O) groups is 1. The zero-order valence-corrected chi connectivity index (χ0v) is 11.3. The topological polar surface area (TPSA) is 71.0 Å². The second kappa shape index (κ2) is 7.79. The van der Waals surface area contributed by atoms with Crippen molar-refractivity contribution in [2.24, 2.45) is 0 Å².